The van der Waals surface area contributed by atoms with Gasteiger partial charge in [-0.2, -0.15) is 0 Å². The molecule has 0 amide bonds. The molecule has 154 valence electrons. The summed E-state index contributed by atoms with van der Waals surface area (Å²) >= 11 is 0. The van der Waals surface area contributed by atoms with Crippen molar-refractivity contribution in [3.05, 3.63) is 77.9 Å². The Morgan fingerprint density at radius 2 is 1.37 bits per heavy atom. The number of anilines is 1. The molecule has 1 heterocycles. The highest BCUT2D eigenvalue weighted by Crippen LogP contribution is 2.37. The van der Waals surface area contributed by atoms with Crippen LogP contribution in [0, 0.1) is 0 Å². The summed E-state index contributed by atoms with van der Waals surface area (Å²) in [5.41, 5.74) is 7.62. The Balaban J connectivity index is 1.72. The molecule has 1 aliphatic heterocycles. The molecule has 0 spiro atoms. The van der Waals surface area contributed by atoms with Gasteiger partial charge in [-0.1, -0.05) is 57.2 Å². The van der Waals surface area contributed by atoms with Gasteiger partial charge in [0.2, 0.25) is 0 Å². The van der Waals surface area contributed by atoms with Crippen LogP contribution < -0.4 is 4.90 Å². The number of hydrogen-bond acceptors (Lipinski definition) is 2. The molecule has 1 saturated heterocycles. The molecule has 0 radical (unpaired) electrons. The lowest BCUT2D eigenvalue weighted by Crippen LogP contribution is -2.23. The van der Waals surface area contributed by atoms with Crippen LogP contribution in [0.15, 0.2) is 66.7 Å². The van der Waals surface area contributed by atoms with Gasteiger partial charge in [0.1, 0.15) is 0 Å². The first kappa shape index (κ1) is 20.2. The zero-order valence-electron chi connectivity index (χ0n) is 18.0. The second-order valence-corrected chi connectivity index (χ2v) is 9.14. The van der Waals surface area contributed by atoms with Gasteiger partial charge in [0.05, 0.1) is 5.56 Å². The van der Waals surface area contributed by atoms with E-state index in [1.54, 1.807) is 12.1 Å². The van der Waals surface area contributed by atoms with Gasteiger partial charge < -0.3 is 10.0 Å². The van der Waals surface area contributed by atoms with Crippen molar-refractivity contribution in [2.45, 2.75) is 39.0 Å². The third kappa shape index (κ3) is 4.11. The first-order valence-electron chi connectivity index (χ1n) is 10.7. The van der Waals surface area contributed by atoms with Crippen LogP contribution in [0.4, 0.5) is 5.69 Å². The van der Waals surface area contributed by atoms with Crippen molar-refractivity contribution in [2.24, 2.45) is 0 Å². The summed E-state index contributed by atoms with van der Waals surface area (Å²) in [6.45, 7) is 9.14. The minimum atomic E-state index is -0.900. The molecule has 3 aromatic rings. The van der Waals surface area contributed by atoms with Crippen molar-refractivity contribution in [2.75, 3.05) is 18.0 Å². The zero-order chi connectivity index (χ0) is 21.3. The van der Waals surface area contributed by atoms with Gasteiger partial charge in [-0.3, -0.25) is 0 Å². The van der Waals surface area contributed by atoms with Crippen molar-refractivity contribution < 1.29 is 9.90 Å². The van der Waals surface area contributed by atoms with Crippen LogP contribution in [-0.4, -0.2) is 24.2 Å². The molecule has 0 saturated carbocycles. The number of carboxylic acids is 1. The Kier molecular flexibility index (Phi) is 5.38. The number of hydrogen-bond donors (Lipinski definition) is 1. The molecule has 30 heavy (non-hydrogen) atoms. The van der Waals surface area contributed by atoms with E-state index in [1.165, 1.54) is 35.2 Å². The third-order valence-corrected chi connectivity index (χ3v) is 5.91. The van der Waals surface area contributed by atoms with E-state index in [-0.39, 0.29) is 5.41 Å². The van der Waals surface area contributed by atoms with E-state index in [4.69, 9.17) is 5.11 Å². The quantitative estimate of drug-likeness (QED) is 0.536. The minimum Gasteiger partial charge on any atom is -0.478 e. The van der Waals surface area contributed by atoms with Gasteiger partial charge in [-0.25, -0.2) is 4.79 Å². The van der Waals surface area contributed by atoms with E-state index >= 15 is 0 Å². The minimum absolute atomic E-state index is 0.0677. The van der Waals surface area contributed by atoms with Crippen LogP contribution in [0.1, 0.15) is 49.5 Å². The van der Waals surface area contributed by atoms with E-state index < -0.39 is 5.97 Å². The number of benzene rings is 3. The summed E-state index contributed by atoms with van der Waals surface area (Å²) in [5, 5.41) is 9.13. The molecule has 0 bridgehead atoms. The molecule has 1 N–H and O–H groups in total. The molecular weight excluding hydrogens is 370 g/mol. The van der Waals surface area contributed by atoms with Gasteiger partial charge in [0.15, 0.2) is 0 Å². The first-order valence-corrected chi connectivity index (χ1v) is 10.7. The van der Waals surface area contributed by atoms with Crippen LogP contribution in [0.25, 0.3) is 22.3 Å². The van der Waals surface area contributed by atoms with Crippen molar-refractivity contribution in [1.82, 2.24) is 0 Å². The number of rotatable bonds is 4. The Labute approximate surface area is 179 Å². The molecule has 1 fully saturated rings. The lowest BCUT2D eigenvalue weighted by molar-refractivity contribution is 0.0697. The van der Waals surface area contributed by atoms with Crippen LogP contribution in [0.5, 0.6) is 0 Å². The summed E-state index contributed by atoms with van der Waals surface area (Å²) < 4.78 is 0. The second-order valence-electron chi connectivity index (χ2n) is 9.14. The van der Waals surface area contributed by atoms with Crippen molar-refractivity contribution in [3.8, 4) is 22.3 Å². The summed E-state index contributed by atoms with van der Waals surface area (Å²) in [5.74, 6) is -0.900. The second kappa shape index (κ2) is 7.98. The number of nitrogens with zero attached hydrogens (tertiary/aromatic N) is 1. The maximum absolute atomic E-state index is 11.1. The molecule has 0 unspecified atom stereocenters. The Bertz CT molecular complexity index is 1050. The standard InChI is InChI=1S/C27H29NO2/c1-27(2,3)24-18-23(13-14-25(24)28-15-4-5-16-28)22-8-6-7-21(17-22)19-9-11-20(12-10-19)26(29)30/h6-14,17-18H,4-5,15-16H2,1-3H3,(H,29,30). The van der Waals surface area contributed by atoms with E-state index in [2.05, 4.69) is 68.1 Å². The third-order valence-electron chi connectivity index (χ3n) is 5.91. The van der Waals surface area contributed by atoms with Crippen LogP contribution in [0.2, 0.25) is 0 Å². The van der Waals surface area contributed by atoms with Crippen molar-refractivity contribution >= 4 is 11.7 Å². The van der Waals surface area contributed by atoms with Crippen LogP contribution >= 0.6 is 0 Å². The molecule has 3 heteroatoms. The van der Waals surface area contributed by atoms with E-state index in [0.717, 1.165) is 24.2 Å². The Hall–Kier alpha value is -3.07. The Morgan fingerprint density at radius 1 is 0.800 bits per heavy atom. The lowest BCUT2D eigenvalue weighted by atomic mass is 9.83. The fraction of sp³-hybridized carbons (Fsp3) is 0.296. The predicted molar refractivity (Wildman–Crippen MR) is 124 cm³/mol. The van der Waals surface area contributed by atoms with Crippen LogP contribution in [-0.2, 0) is 5.41 Å². The average Bonchev–Trinajstić information content (AvgIpc) is 3.28. The summed E-state index contributed by atoms with van der Waals surface area (Å²) in [6, 6.07) is 22.4. The Morgan fingerprint density at radius 3 is 1.97 bits per heavy atom. The number of carbonyl (C=O) groups is 1. The lowest BCUT2D eigenvalue weighted by Gasteiger charge is -2.29. The fourth-order valence-corrected chi connectivity index (χ4v) is 4.23. The molecular formula is C27H29NO2. The topological polar surface area (TPSA) is 40.5 Å². The molecule has 3 nitrogen and oxygen atoms in total. The molecule has 0 aromatic heterocycles. The van der Waals surface area contributed by atoms with E-state index in [9.17, 15) is 4.79 Å². The van der Waals surface area contributed by atoms with Gasteiger partial charge in [0, 0.05) is 18.8 Å². The SMILES string of the molecule is CC(C)(C)c1cc(-c2cccc(-c3ccc(C(=O)O)cc3)c2)ccc1N1CCCC1. The molecule has 0 aliphatic carbocycles. The maximum Gasteiger partial charge on any atom is 0.335 e. The number of aromatic carboxylic acids is 1. The highest BCUT2D eigenvalue weighted by Gasteiger charge is 2.23. The van der Waals surface area contributed by atoms with Crippen LogP contribution in [0.3, 0.4) is 0 Å². The van der Waals surface area contributed by atoms with Gasteiger partial charge in [-0.15, -0.1) is 0 Å². The molecule has 0 atom stereocenters. The zero-order valence-corrected chi connectivity index (χ0v) is 18.0. The average molecular weight is 400 g/mol. The smallest absolute Gasteiger partial charge is 0.335 e. The summed E-state index contributed by atoms with van der Waals surface area (Å²) in [7, 11) is 0. The largest absolute Gasteiger partial charge is 0.478 e. The van der Waals surface area contributed by atoms with E-state index in [0.29, 0.717) is 5.56 Å². The fourth-order valence-electron chi connectivity index (χ4n) is 4.23. The molecule has 1 aliphatic rings. The van der Waals surface area contributed by atoms with Gasteiger partial charge in [0.25, 0.3) is 0 Å². The predicted octanol–water partition coefficient (Wildman–Crippen LogP) is 6.62. The van der Waals surface area contributed by atoms with Crippen molar-refractivity contribution in [3.63, 3.8) is 0 Å². The van der Waals surface area contributed by atoms with Crippen molar-refractivity contribution in [1.29, 1.82) is 0 Å². The monoisotopic (exact) mass is 399 g/mol. The normalized spacial score (nSPS) is 14.2. The van der Waals surface area contributed by atoms with Gasteiger partial charge >= 0.3 is 5.97 Å². The maximum atomic E-state index is 11.1. The highest BCUT2D eigenvalue weighted by atomic mass is 16.4. The van der Waals surface area contributed by atoms with E-state index in [1.807, 2.05) is 12.1 Å². The van der Waals surface area contributed by atoms with Gasteiger partial charge in [-0.05, 0) is 76.4 Å². The molecule has 4 rings (SSSR count). The summed E-state index contributed by atoms with van der Waals surface area (Å²) in [4.78, 5) is 13.6. The first-order chi connectivity index (χ1) is 14.3. The number of carboxylic acid groups (broad SMARTS) is 1. The molecule has 3 aromatic carbocycles. The summed E-state index contributed by atoms with van der Waals surface area (Å²) in [6.07, 6.45) is 2.54. The highest BCUT2D eigenvalue weighted by molar-refractivity contribution is 5.88.